The Morgan fingerprint density at radius 3 is 2.83 bits per heavy atom. The van der Waals surface area contributed by atoms with E-state index in [0.29, 0.717) is 12.5 Å². The molecule has 1 spiro atoms. The van der Waals surface area contributed by atoms with E-state index in [9.17, 15) is 4.79 Å². The number of likely N-dealkylation sites (N-methyl/N-ethyl adjacent to an activating group) is 1. The van der Waals surface area contributed by atoms with Crippen molar-refractivity contribution in [2.75, 3.05) is 26.7 Å². The summed E-state index contributed by atoms with van der Waals surface area (Å²) < 4.78 is 11.9. The maximum atomic E-state index is 13.3. The first-order valence-corrected chi connectivity index (χ1v) is 11.2. The fraction of sp³-hybridized carbons (Fsp3) is 0.625. The second-order valence-electron chi connectivity index (χ2n) is 9.19. The zero-order valence-electron chi connectivity index (χ0n) is 17.4. The van der Waals surface area contributed by atoms with Crippen molar-refractivity contribution in [2.45, 2.75) is 69.1 Å². The van der Waals surface area contributed by atoms with Crippen LogP contribution in [0, 0.1) is 0 Å². The van der Waals surface area contributed by atoms with E-state index in [0.717, 1.165) is 55.5 Å². The summed E-state index contributed by atoms with van der Waals surface area (Å²) in [5.74, 6) is 0.189. The Morgan fingerprint density at radius 1 is 1.21 bits per heavy atom. The van der Waals surface area contributed by atoms with Crippen LogP contribution in [0.15, 0.2) is 34.9 Å². The van der Waals surface area contributed by atoms with Crippen LogP contribution in [0.25, 0.3) is 11.0 Å². The number of amides is 1. The number of nitrogens with zero attached hydrogens (tertiary/aromatic N) is 2. The Bertz CT molecular complexity index is 864. The number of para-hydroxylation sites is 1. The molecule has 2 saturated heterocycles. The Labute approximate surface area is 173 Å². The number of carbonyl (C=O) groups is 1. The van der Waals surface area contributed by atoms with Crippen LogP contribution in [0.1, 0.15) is 50.5 Å². The van der Waals surface area contributed by atoms with Crippen molar-refractivity contribution in [3.63, 3.8) is 0 Å². The number of fused-ring (bicyclic) bond motifs is 1. The van der Waals surface area contributed by atoms with Gasteiger partial charge >= 0.3 is 0 Å². The summed E-state index contributed by atoms with van der Waals surface area (Å²) in [7, 11) is 2.01. The first kappa shape index (κ1) is 19.1. The van der Waals surface area contributed by atoms with Crippen molar-refractivity contribution < 1.29 is 13.9 Å². The van der Waals surface area contributed by atoms with Crippen LogP contribution in [0.4, 0.5) is 0 Å². The standard InChI is InChI=1S/C24H32N2O3/c1-25(23(27)15-18-17-28-22-8-3-2-7-19(18)22)20-9-11-24(10-6-14-29-24)16-21(20)26-12-4-5-13-26/h2-3,7-8,17,20-21H,4-6,9-16H2,1H3/t20-,21-,24+/m0/s1. The SMILES string of the molecule is CN(C(=O)Cc1coc2ccccc12)[C@H]1CC[C@]2(CCCO2)C[C@@H]1N1CCCC1. The van der Waals surface area contributed by atoms with Gasteiger partial charge in [0.25, 0.3) is 0 Å². The van der Waals surface area contributed by atoms with E-state index in [2.05, 4.69) is 4.90 Å². The lowest BCUT2D eigenvalue weighted by Crippen LogP contribution is -2.58. The molecule has 3 heterocycles. The van der Waals surface area contributed by atoms with E-state index in [1.54, 1.807) is 6.26 Å². The van der Waals surface area contributed by atoms with Crippen molar-refractivity contribution in [3.05, 3.63) is 36.1 Å². The number of ether oxygens (including phenoxy) is 1. The first-order valence-electron chi connectivity index (χ1n) is 11.2. The van der Waals surface area contributed by atoms with Gasteiger partial charge in [0.1, 0.15) is 5.58 Å². The zero-order valence-corrected chi connectivity index (χ0v) is 17.4. The number of furan rings is 1. The molecule has 5 rings (SSSR count). The van der Waals surface area contributed by atoms with Crippen molar-refractivity contribution in [1.29, 1.82) is 0 Å². The summed E-state index contributed by atoms with van der Waals surface area (Å²) in [6.07, 6.45) is 10.2. The van der Waals surface area contributed by atoms with Gasteiger partial charge in [-0.25, -0.2) is 0 Å². The zero-order chi connectivity index (χ0) is 19.8. The van der Waals surface area contributed by atoms with Crippen LogP contribution in [-0.2, 0) is 16.0 Å². The molecule has 0 radical (unpaired) electrons. The van der Waals surface area contributed by atoms with Crippen molar-refractivity contribution in [1.82, 2.24) is 9.80 Å². The maximum Gasteiger partial charge on any atom is 0.227 e. The second kappa shape index (κ2) is 7.77. The average molecular weight is 397 g/mol. The van der Waals surface area contributed by atoms with Crippen molar-refractivity contribution in [2.24, 2.45) is 0 Å². The van der Waals surface area contributed by atoms with Gasteiger partial charge in [-0.15, -0.1) is 0 Å². The van der Waals surface area contributed by atoms with E-state index in [4.69, 9.17) is 9.15 Å². The van der Waals surface area contributed by atoms with E-state index < -0.39 is 0 Å². The predicted molar refractivity (Wildman–Crippen MR) is 113 cm³/mol. The lowest BCUT2D eigenvalue weighted by atomic mass is 9.76. The molecule has 2 aliphatic heterocycles. The normalized spacial score (nSPS) is 30.4. The summed E-state index contributed by atoms with van der Waals surface area (Å²) in [5.41, 5.74) is 1.90. The lowest BCUT2D eigenvalue weighted by Gasteiger charge is -2.48. The average Bonchev–Trinajstić information content (AvgIpc) is 3.50. The molecule has 1 aromatic heterocycles. The Balaban J connectivity index is 1.34. The van der Waals surface area contributed by atoms with Gasteiger partial charge in [0.2, 0.25) is 5.91 Å². The highest BCUT2D eigenvalue weighted by atomic mass is 16.5. The summed E-state index contributed by atoms with van der Waals surface area (Å²) in [4.78, 5) is 17.9. The molecule has 3 fully saturated rings. The van der Waals surface area contributed by atoms with Crippen LogP contribution < -0.4 is 0 Å². The molecule has 29 heavy (non-hydrogen) atoms. The Kier molecular flexibility index (Phi) is 5.12. The van der Waals surface area contributed by atoms with Crippen LogP contribution in [0.5, 0.6) is 0 Å². The second-order valence-corrected chi connectivity index (χ2v) is 9.19. The van der Waals surface area contributed by atoms with Gasteiger partial charge < -0.3 is 14.1 Å². The Morgan fingerprint density at radius 2 is 2.03 bits per heavy atom. The molecule has 156 valence electrons. The molecule has 1 aliphatic carbocycles. The maximum absolute atomic E-state index is 13.3. The number of rotatable bonds is 4. The van der Waals surface area contributed by atoms with E-state index >= 15 is 0 Å². The third-order valence-electron chi connectivity index (χ3n) is 7.51. The van der Waals surface area contributed by atoms with Gasteiger partial charge in [0, 0.05) is 36.7 Å². The van der Waals surface area contributed by atoms with Gasteiger partial charge in [-0.2, -0.15) is 0 Å². The van der Waals surface area contributed by atoms with Crippen LogP contribution in [0.2, 0.25) is 0 Å². The number of hydrogen-bond acceptors (Lipinski definition) is 4. The highest BCUT2D eigenvalue weighted by molar-refractivity contribution is 5.87. The number of carbonyl (C=O) groups excluding carboxylic acids is 1. The number of likely N-dealkylation sites (tertiary alicyclic amines) is 1. The predicted octanol–water partition coefficient (Wildman–Crippen LogP) is 4.00. The molecule has 2 aromatic rings. The Hall–Kier alpha value is -1.85. The third-order valence-corrected chi connectivity index (χ3v) is 7.51. The summed E-state index contributed by atoms with van der Waals surface area (Å²) in [5, 5.41) is 1.05. The number of hydrogen-bond donors (Lipinski definition) is 0. The molecule has 1 saturated carbocycles. The topological polar surface area (TPSA) is 45.9 Å². The minimum absolute atomic E-state index is 0.0639. The summed E-state index contributed by atoms with van der Waals surface area (Å²) in [6.45, 7) is 3.22. The highest BCUT2D eigenvalue weighted by Crippen LogP contribution is 2.43. The smallest absolute Gasteiger partial charge is 0.227 e. The monoisotopic (exact) mass is 396 g/mol. The lowest BCUT2D eigenvalue weighted by molar-refractivity contribution is -0.136. The minimum Gasteiger partial charge on any atom is -0.464 e. The molecular formula is C24H32N2O3. The quantitative estimate of drug-likeness (QED) is 0.784. The summed E-state index contributed by atoms with van der Waals surface area (Å²) >= 11 is 0. The highest BCUT2D eigenvalue weighted by Gasteiger charge is 2.47. The van der Waals surface area contributed by atoms with Gasteiger partial charge in [-0.3, -0.25) is 9.69 Å². The van der Waals surface area contributed by atoms with Gasteiger partial charge in [0.15, 0.2) is 0 Å². The fourth-order valence-electron chi connectivity index (χ4n) is 5.88. The molecule has 0 bridgehead atoms. The van der Waals surface area contributed by atoms with Crippen LogP contribution in [0.3, 0.4) is 0 Å². The molecule has 3 atom stereocenters. The molecule has 5 heteroatoms. The third kappa shape index (κ3) is 3.59. The largest absolute Gasteiger partial charge is 0.464 e. The van der Waals surface area contributed by atoms with Crippen LogP contribution >= 0.6 is 0 Å². The van der Waals surface area contributed by atoms with E-state index in [1.807, 2.05) is 36.2 Å². The molecule has 1 amide bonds. The van der Waals surface area contributed by atoms with E-state index in [1.165, 1.54) is 25.7 Å². The van der Waals surface area contributed by atoms with Crippen molar-refractivity contribution >= 4 is 16.9 Å². The molecule has 5 nitrogen and oxygen atoms in total. The minimum atomic E-state index is 0.0639. The molecule has 0 unspecified atom stereocenters. The van der Waals surface area contributed by atoms with Gasteiger partial charge in [-0.1, -0.05) is 18.2 Å². The molecular weight excluding hydrogens is 364 g/mol. The fourth-order valence-corrected chi connectivity index (χ4v) is 5.88. The molecule has 0 N–H and O–H groups in total. The van der Waals surface area contributed by atoms with Gasteiger partial charge in [-0.05, 0) is 64.1 Å². The molecule has 3 aliphatic rings. The first-order chi connectivity index (χ1) is 14.2. The van der Waals surface area contributed by atoms with Crippen LogP contribution in [-0.4, -0.2) is 60.1 Å². The summed E-state index contributed by atoms with van der Waals surface area (Å²) in [6, 6.07) is 8.65. The van der Waals surface area contributed by atoms with Crippen molar-refractivity contribution in [3.8, 4) is 0 Å². The number of benzene rings is 1. The molecule has 1 aromatic carbocycles. The van der Waals surface area contributed by atoms with E-state index in [-0.39, 0.29) is 17.6 Å². The van der Waals surface area contributed by atoms with Gasteiger partial charge in [0.05, 0.1) is 18.3 Å².